The van der Waals surface area contributed by atoms with E-state index in [1.807, 2.05) is 23.6 Å². The van der Waals surface area contributed by atoms with Gasteiger partial charge in [-0.3, -0.25) is 9.78 Å². The van der Waals surface area contributed by atoms with Gasteiger partial charge in [-0.2, -0.15) is 0 Å². The van der Waals surface area contributed by atoms with E-state index in [1.54, 1.807) is 19.3 Å². The van der Waals surface area contributed by atoms with E-state index in [2.05, 4.69) is 20.5 Å². The van der Waals surface area contributed by atoms with Crippen molar-refractivity contribution in [3.63, 3.8) is 0 Å². The second kappa shape index (κ2) is 8.92. The molecule has 0 bridgehead atoms. The summed E-state index contributed by atoms with van der Waals surface area (Å²) >= 11 is 1.18. The number of hydrogen-bond donors (Lipinski definition) is 1. The second-order valence-electron chi connectivity index (χ2n) is 6.04. The van der Waals surface area contributed by atoms with Crippen LogP contribution >= 0.6 is 11.8 Å². The maximum absolute atomic E-state index is 13.8. The molecule has 1 atom stereocenters. The molecule has 0 aliphatic heterocycles. The van der Waals surface area contributed by atoms with Gasteiger partial charge in [0, 0.05) is 24.5 Å². The molecule has 0 spiro atoms. The lowest BCUT2D eigenvalue weighted by Gasteiger charge is -2.14. The third-order valence-corrected chi connectivity index (χ3v) is 5.05. The van der Waals surface area contributed by atoms with Crippen LogP contribution in [0.25, 0.3) is 11.4 Å². The fourth-order valence-electron chi connectivity index (χ4n) is 2.57. The molecule has 0 aliphatic rings. The van der Waals surface area contributed by atoms with Crippen LogP contribution in [0.1, 0.15) is 20.3 Å². The van der Waals surface area contributed by atoms with Crippen molar-refractivity contribution in [1.29, 1.82) is 0 Å². The molecule has 9 heteroatoms. The Bertz CT molecular complexity index is 944. The van der Waals surface area contributed by atoms with Crippen LogP contribution in [0.15, 0.2) is 47.9 Å². The highest BCUT2D eigenvalue weighted by Crippen LogP contribution is 2.28. The summed E-state index contributed by atoms with van der Waals surface area (Å²) in [5.41, 5.74) is 0.417. The Morgan fingerprint density at radius 3 is 2.50 bits per heavy atom. The maximum Gasteiger partial charge on any atom is 0.237 e. The number of benzene rings is 1. The quantitative estimate of drug-likeness (QED) is 0.600. The Hall–Kier alpha value is -2.81. The van der Waals surface area contributed by atoms with Crippen molar-refractivity contribution in [2.24, 2.45) is 0 Å². The third-order valence-electron chi connectivity index (χ3n) is 3.96. The molecule has 0 unspecified atom stereocenters. The minimum atomic E-state index is -0.820. The van der Waals surface area contributed by atoms with Gasteiger partial charge in [0.05, 0.1) is 5.25 Å². The summed E-state index contributed by atoms with van der Waals surface area (Å²) in [6, 6.07) is 7.10. The van der Waals surface area contributed by atoms with Crippen molar-refractivity contribution in [1.82, 2.24) is 19.7 Å². The Balaban J connectivity index is 1.79. The van der Waals surface area contributed by atoms with Crippen LogP contribution in [0.2, 0.25) is 0 Å². The number of nitrogens with one attached hydrogen (secondary N) is 1. The van der Waals surface area contributed by atoms with Crippen LogP contribution in [0.5, 0.6) is 0 Å². The highest BCUT2D eigenvalue weighted by Gasteiger charge is 2.22. The number of thioether (sulfide) groups is 1. The summed E-state index contributed by atoms with van der Waals surface area (Å²) in [6.45, 7) is 4.35. The topological polar surface area (TPSA) is 72.7 Å². The molecule has 1 aromatic carbocycles. The zero-order valence-corrected chi connectivity index (χ0v) is 16.2. The number of pyridine rings is 1. The van der Waals surface area contributed by atoms with Crippen LogP contribution in [0, 0.1) is 11.6 Å². The van der Waals surface area contributed by atoms with E-state index in [1.165, 1.54) is 17.8 Å². The Labute approximate surface area is 165 Å². The number of anilines is 1. The van der Waals surface area contributed by atoms with E-state index in [-0.39, 0.29) is 0 Å². The Morgan fingerprint density at radius 2 is 1.86 bits per heavy atom. The zero-order valence-electron chi connectivity index (χ0n) is 15.4. The smallest absolute Gasteiger partial charge is 0.237 e. The predicted molar refractivity (Wildman–Crippen MR) is 104 cm³/mol. The number of carbonyl (C=O) groups excluding carboxylic acids is 1. The normalized spacial score (nSPS) is 12.0. The molecule has 1 amide bonds. The van der Waals surface area contributed by atoms with E-state index in [0.29, 0.717) is 17.5 Å². The number of rotatable bonds is 7. The largest absolute Gasteiger partial charge is 0.320 e. The highest BCUT2D eigenvalue weighted by molar-refractivity contribution is 8.00. The van der Waals surface area contributed by atoms with Crippen molar-refractivity contribution in [2.45, 2.75) is 37.2 Å². The molecule has 0 fully saturated rings. The molecule has 0 saturated heterocycles. The van der Waals surface area contributed by atoms with Gasteiger partial charge >= 0.3 is 0 Å². The molecule has 2 aromatic heterocycles. The van der Waals surface area contributed by atoms with E-state index in [0.717, 1.165) is 24.1 Å². The van der Waals surface area contributed by atoms with Crippen molar-refractivity contribution < 1.29 is 13.6 Å². The Kier molecular flexibility index (Phi) is 6.35. The molecule has 0 saturated carbocycles. The molecule has 28 heavy (non-hydrogen) atoms. The van der Waals surface area contributed by atoms with E-state index in [4.69, 9.17) is 0 Å². The van der Waals surface area contributed by atoms with E-state index in [9.17, 15) is 13.6 Å². The molecule has 3 aromatic rings. The van der Waals surface area contributed by atoms with Crippen LogP contribution in [-0.4, -0.2) is 30.9 Å². The van der Waals surface area contributed by atoms with Crippen molar-refractivity contribution in [3.8, 4) is 11.4 Å². The fraction of sp³-hybridized carbons (Fsp3) is 0.263. The fourth-order valence-corrected chi connectivity index (χ4v) is 3.44. The Morgan fingerprint density at radius 1 is 1.18 bits per heavy atom. The average Bonchev–Trinajstić information content (AvgIpc) is 3.08. The predicted octanol–water partition coefficient (Wildman–Crippen LogP) is 4.15. The van der Waals surface area contributed by atoms with Crippen LogP contribution in [0.4, 0.5) is 14.5 Å². The summed E-state index contributed by atoms with van der Waals surface area (Å²) in [5.74, 6) is -1.48. The van der Waals surface area contributed by atoms with E-state index >= 15 is 0 Å². The minimum absolute atomic E-state index is 0.451. The SMILES string of the molecule is CCCn1c(S[C@H](C)C(=O)Nc2c(F)cccc2F)nnc1-c1ccncc1. The second-order valence-corrected chi connectivity index (χ2v) is 7.35. The van der Waals surface area contributed by atoms with Crippen LogP contribution in [-0.2, 0) is 11.3 Å². The van der Waals surface area contributed by atoms with Gasteiger partial charge in [0.2, 0.25) is 5.91 Å². The molecular weight excluding hydrogens is 384 g/mol. The standard InChI is InChI=1S/C19H19F2N5OS/c1-3-11-26-17(13-7-9-22-10-8-13)24-25-19(26)28-12(2)18(27)23-16-14(20)5-4-6-15(16)21/h4-10,12H,3,11H2,1-2H3,(H,23,27)/t12-/m1/s1. The summed E-state index contributed by atoms with van der Waals surface area (Å²) in [7, 11) is 0. The summed E-state index contributed by atoms with van der Waals surface area (Å²) in [5, 5.41) is 10.7. The van der Waals surface area contributed by atoms with Gasteiger partial charge in [-0.15, -0.1) is 10.2 Å². The lowest BCUT2D eigenvalue weighted by Crippen LogP contribution is -2.24. The number of aromatic nitrogens is 4. The van der Waals surface area contributed by atoms with Gasteiger partial charge in [0.1, 0.15) is 17.3 Å². The van der Waals surface area contributed by atoms with Crippen LogP contribution in [0.3, 0.4) is 0 Å². The first-order valence-electron chi connectivity index (χ1n) is 8.76. The summed E-state index contributed by atoms with van der Waals surface area (Å²) < 4.78 is 29.5. The van der Waals surface area contributed by atoms with Gasteiger partial charge in [-0.1, -0.05) is 24.8 Å². The van der Waals surface area contributed by atoms with Crippen molar-refractivity contribution in [3.05, 3.63) is 54.4 Å². The molecule has 146 valence electrons. The molecule has 0 aliphatic carbocycles. The molecule has 1 N–H and O–H groups in total. The van der Waals surface area contributed by atoms with Gasteiger partial charge < -0.3 is 9.88 Å². The molecule has 6 nitrogen and oxygen atoms in total. The third kappa shape index (κ3) is 4.36. The van der Waals surface area contributed by atoms with Gasteiger partial charge in [-0.05, 0) is 37.6 Å². The van der Waals surface area contributed by atoms with Crippen LogP contribution < -0.4 is 5.32 Å². The first kappa shape index (κ1) is 19.9. The average molecular weight is 403 g/mol. The molecule has 3 rings (SSSR count). The lowest BCUT2D eigenvalue weighted by atomic mass is 10.2. The first-order chi connectivity index (χ1) is 13.5. The highest BCUT2D eigenvalue weighted by atomic mass is 32.2. The number of hydrogen-bond acceptors (Lipinski definition) is 5. The number of amides is 1. The molecule has 2 heterocycles. The van der Waals surface area contributed by atoms with Crippen molar-refractivity contribution >= 4 is 23.4 Å². The lowest BCUT2D eigenvalue weighted by molar-refractivity contribution is -0.115. The summed E-state index contributed by atoms with van der Waals surface area (Å²) in [4.78, 5) is 16.4. The minimum Gasteiger partial charge on any atom is -0.320 e. The zero-order chi connectivity index (χ0) is 20.1. The number of para-hydroxylation sites is 1. The molecule has 0 radical (unpaired) electrons. The first-order valence-corrected chi connectivity index (χ1v) is 9.64. The summed E-state index contributed by atoms with van der Waals surface area (Å²) in [6.07, 6.45) is 4.20. The van der Waals surface area contributed by atoms with E-state index < -0.39 is 28.5 Å². The monoisotopic (exact) mass is 403 g/mol. The number of halogens is 2. The van der Waals surface area contributed by atoms with Crippen molar-refractivity contribution in [2.75, 3.05) is 5.32 Å². The van der Waals surface area contributed by atoms with Gasteiger partial charge in [0.15, 0.2) is 11.0 Å². The molecular formula is C19H19F2N5OS. The number of carbonyl (C=O) groups is 1. The maximum atomic E-state index is 13.8. The van der Waals surface area contributed by atoms with Gasteiger partial charge in [0.25, 0.3) is 0 Å². The van der Waals surface area contributed by atoms with Gasteiger partial charge in [-0.25, -0.2) is 8.78 Å². The number of nitrogens with zero attached hydrogens (tertiary/aromatic N) is 4.